The fourth-order valence-corrected chi connectivity index (χ4v) is 3.64. The molecule has 5 heteroatoms. The van der Waals surface area contributed by atoms with Crippen LogP contribution in [0, 0.1) is 11.8 Å². The second-order valence-corrected chi connectivity index (χ2v) is 7.40. The molecule has 0 spiro atoms. The number of hydrogen-bond donors (Lipinski definition) is 2. The molecule has 1 aliphatic carbocycles. The second-order valence-electron chi connectivity index (χ2n) is 7.40. The van der Waals surface area contributed by atoms with Crippen molar-refractivity contribution in [1.29, 1.82) is 0 Å². The Balaban J connectivity index is 2.37. The van der Waals surface area contributed by atoms with Crippen LogP contribution in [0.4, 0.5) is 0 Å². The van der Waals surface area contributed by atoms with Crippen molar-refractivity contribution >= 4 is 11.8 Å². The van der Waals surface area contributed by atoms with Crippen molar-refractivity contribution in [2.24, 2.45) is 11.8 Å². The summed E-state index contributed by atoms with van der Waals surface area (Å²) in [6, 6.07) is 0. The first-order valence-electron chi connectivity index (χ1n) is 10.1. The molecule has 2 N–H and O–H groups in total. The van der Waals surface area contributed by atoms with Gasteiger partial charge in [-0.2, -0.15) is 0 Å². The van der Waals surface area contributed by atoms with Crippen LogP contribution in [-0.2, 0) is 14.3 Å². The molecule has 0 amide bonds. The maximum Gasteiger partial charge on any atom is 0.305 e. The Morgan fingerprint density at radius 2 is 1.96 bits per heavy atom. The van der Waals surface area contributed by atoms with E-state index in [9.17, 15) is 19.8 Å². The molecule has 5 nitrogen and oxygen atoms in total. The maximum absolute atomic E-state index is 12.2. The van der Waals surface area contributed by atoms with E-state index in [4.69, 9.17) is 0 Å². The Hall–Kier alpha value is -1.20. The topological polar surface area (TPSA) is 83.8 Å². The van der Waals surface area contributed by atoms with Gasteiger partial charge in [-0.15, -0.1) is 0 Å². The quantitative estimate of drug-likeness (QED) is 0.295. The van der Waals surface area contributed by atoms with Gasteiger partial charge in [0.2, 0.25) is 0 Å². The number of ketones is 1. The number of ether oxygens (including phenoxy) is 1. The number of unbranched alkanes of at least 4 members (excludes halogenated alkanes) is 5. The number of rotatable bonds is 13. The smallest absolute Gasteiger partial charge is 0.305 e. The van der Waals surface area contributed by atoms with Crippen LogP contribution in [0.1, 0.15) is 77.6 Å². The minimum absolute atomic E-state index is 0.127. The molecule has 0 unspecified atom stereocenters. The molecule has 0 aliphatic heterocycles. The summed E-state index contributed by atoms with van der Waals surface area (Å²) in [6.07, 6.45) is 11.5. The summed E-state index contributed by atoms with van der Waals surface area (Å²) in [7, 11) is 1.40. The predicted molar refractivity (Wildman–Crippen MR) is 102 cm³/mol. The molecule has 0 radical (unpaired) electrons. The van der Waals surface area contributed by atoms with E-state index in [0.717, 1.165) is 57.8 Å². The van der Waals surface area contributed by atoms with Crippen molar-refractivity contribution in [1.82, 2.24) is 0 Å². The zero-order valence-electron chi connectivity index (χ0n) is 16.4. The highest BCUT2D eigenvalue weighted by Gasteiger charge is 2.39. The summed E-state index contributed by atoms with van der Waals surface area (Å²) in [4.78, 5) is 23.2. The van der Waals surface area contributed by atoms with Crippen LogP contribution in [0.15, 0.2) is 12.2 Å². The van der Waals surface area contributed by atoms with Gasteiger partial charge in [0.05, 0.1) is 19.3 Å². The molecule has 1 rings (SSSR count). The van der Waals surface area contributed by atoms with E-state index in [0.29, 0.717) is 6.42 Å². The van der Waals surface area contributed by atoms with Gasteiger partial charge in [0, 0.05) is 24.7 Å². The number of carbonyl (C=O) groups is 2. The zero-order chi connectivity index (χ0) is 19.4. The molecule has 0 aromatic carbocycles. The minimum atomic E-state index is -0.633. The van der Waals surface area contributed by atoms with Gasteiger partial charge in [0.15, 0.2) is 0 Å². The van der Waals surface area contributed by atoms with Crippen LogP contribution < -0.4 is 0 Å². The summed E-state index contributed by atoms with van der Waals surface area (Å²) in [5.74, 6) is -0.382. The second kappa shape index (κ2) is 13.0. The predicted octanol–water partition coefficient (Wildman–Crippen LogP) is 3.56. The van der Waals surface area contributed by atoms with Crippen molar-refractivity contribution in [2.75, 3.05) is 7.11 Å². The average molecular weight is 369 g/mol. The summed E-state index contributed by atoms with van der Waals surface area (Å²) < 4.78 is 4.62. The number of carbonyl (C=O) groups excluding carboxylic acids is 2. The number of aliphatic hydroxyl groups is 2. The lowest BCUT2D eigenvalue weighted by Gasteiger charge is -2.18. The van der Waals surface area contributed by atoms with Gasteiger partial charge < -0.3 is 14.9 Å². The molecule has 0 heterocycles. The average Bonchev–Trinajstić information content (AvgIpc) is 2.89. The van der Waals surface area contributed by atoms with Gasteiger partial charge in [0.1, 0.15) is 5.78 Å². The molecule has 0 aromatic heterocycles. The molecule has 0 bridgehead atoms. The normalized spacial score (nSPS) is 24.3. The van der Waals surface area contributed by atoms with Gasteiger partial charge in [-0.25, -0.2) is 0 Å². The van der Waals surface area contributed by atoms with Crippen LogP contribution in [0.2, 0.25) is 0 Å². The number of aliphatic hydroxyl groups excluding tert-OH is 2. The molecule has 150 valence electrons. The lowest BCUT2D eigenvalue weighted by Crippen LogP contribution is -2.19. The summed E-state index contributed by atoms with van der Waals surface area (Å²) >= 11 is 0. The lowest BCUT2D eigenvalue weighted by molar-refractivity contribution is -0.140. The third-order valence-corrected chi connectivity index (χ3v) is 5.27. The van der Waals surface area contributed by atoms with Crippen molar-refractivity contribution in [2.45, 2.75) is 89.8 Å². The van der Waals surface area contributed by atoms with Crippen molar-refractivity contribution in [3.63, 3.8) is 0 Å². The Labute approximate surface area is 157 Å². The zero-order valence-corrected chi connectivity index (χ0v) is 16.4. The van der Waals surface area contributed by atoms with Gasteiger partial charge in [-0.3, -0.25) is 9.59 Å². The van der Waals surface area contributed by atoms with E-state index in [1.54, 1.807) is 6.08 Å². The largest absolute Gasteiger partial charge is 0.469 e. The fraction of sp³-hybridized carbons (Fsp3) is 0.810. The molecule has 1 fully saturated rings. The van der Waals surface area contributed by atoms with E-state index in [1.165, 1.54) is 7.11 Å². The lowest BCUT2D eigenvalue weighted by atomic mass is 9.88. The molecule has 0 saturated heterocycles. The summed E-state index contributed by atoms with van der Waals surface area (Å²) in [6.45, 7) is 2.13. The molecule has 0 aromatic rings. The third kappa shape index (κ3) is 8.45. The van der Waals surface area contributed by atoms with Crippen LogP contribution in [0.5, 0.6) is 0 Å². The van der Waals surface area contributed by atoms with E-state index in [2.05, 4.69) is 11.7 Å². The first-order valence-corrected chi connectivity index (χ1v) is 10.1. The van der Waals surface area contributed by atoms with Crippen LogP contribution in [0.25, 0.3) is 0 Å². The Bertz CT molecular complexity index is 446. The Morgan fingerprint density at radius 1 is 1.23 bits per heavy atom. The van der Waals surface area contributed by atoms with Gasteiger partial charge in [-0.05, 0) is 19.3 Å². The van der Waals surface area contributed by atoms with Gasteiger partial charge in [-0.1, -0.05) is 57.6 Å². The molecule has 1 aliphatic rings. The minimum Gasteiger partial charge on any atom is -0.469 e. The molecular weight excluding hydrogens is 332 g/mol. The SMILES string of the molecule is CCCCC[C@H](O)C=C[C@H]1[C@H](O)CC(=O)[C@@H]1CCCCCCC(=O)OC. The van der Waals surface area contributed by atoms with E-state index < -0.39 is 12.2 Å². The Morgan fingerprint density at radius 3 is 2.65 bits per heavy atom. The maximum atomic E-state index is 12.2. The van der Waals surface area contributed by atoms with E-state index >= 15 is 0 Å². The standard InChI is InChI=1S/C21H36O5/c1-3-4-7-10-16(22)13-14-18-17(19(23)15-20(18)24)11-8-5-6-9-12-21(25)26-2/h13-14,16-18,20,22,24H,3-12,15H2,1-2H3/t16-,17+,18+,20+/m0/s1. The first-order chi connectivity index (χ1) is 12.5. The fourth-order valence-electron chi connectivity index (χ4n) is 3.64. The number of esters is 1. The molecule has 26 heavy (non-hydrogen) atoms. The van der Waals surface area contributed by atoms with Crippen LogP contribution >= 0.6 is 0 Å². The highest BCUT2D eigenvalue weighted by molar-refractivity contribution is 5.84. The van der Waals surface area contributed by atoms with E-state index in [-0.39, 0.29) is 30.0 Å². The third-order valence-electron chi connectivity index (χ3n) is 5.27. The Kier molecular flexibility index (Phi) is 11.5. The summed E-state index contributed by atoms with van der Waals surface area (Å²) in [5, 5.41) is 20.2. The number of methoxy groups -OCH3 is 1. The van der Waals surface area contributed by atoms with Gasteiger partial charge in [0.25, 0.3) is 0 Å². The molecular formula is C21H36O5. The first kappa shape index (κ1) is 22.8. The van der Waals surface area contributed by atoms with Crippen molar-refractivity contribution < 1.29 is 24.5 Å². The van der Waals surface area contributed by atoms with Crippen molar-refractivity contribution in [3.05, 3.63) is 12.2 Å². The summed E-state index contributed by atoms with van der Waals surface area (Å²) in [5.41, 5.74) is 0. The van der Waals surface area contributed by atoms with Gasteiger partial charge >= 0.3 is 5.97 Å². The van der Waals surface area contributed by atoms with Crippen molar-refractivity contribution in [3.8, 4) is 0 Å². The number of hydrogen-bond acceptors (Lipinski definition) is 5. The van der Waals surface area contributed by atoms with E-state index in [1.807, 2.05) is 6.08 Å². The van der Waals surface area contributed by atoms with Crippen LogP contribution in [0.3, 0.4) is 0 Å². The highest BCUT2D eigenvalue weighted by atomic mass is 16.5. The number of Topliss-reactive ketones (excluding diaryl/α,β-unsaturated/α-hetero) is 1. The highest BCUT2D eigenvalue weighted by Crippen LogP contribution is 2.34. The molecule has 1 saturated carbocycles. The monoisotopic (exact) mass is 368 g/mol. The molecule has 4 atom stereocenters. The van der Waals surface area contributed by atoms with Crippen LogP contribution in [-0.4, -0.2) is 41.3 Å².